The van der Waals surface area contributed by atoms with Crippen LogP contribution in [0.5, 0.6) is 0 Å². The van der Waals surface area contributed by atoms with Crippen LogP contribution in [0.2, 0.25) is 0 Å². The van der Waals surface area contributed by atoms with Gasteiger partial charge >= 0.3 is 0 Å². The normalized spacial score (nSPS) is 9.33. The molecule has 0 aromatic carbocycles. The molecule has 0 aromatic rings. The second-order valence-corrected chi connectivity index (χ2v) is 4.13. The Bertz CT molecular complexity index is 61.8. The largest absolute Gasteiger partial charge is 0.282 e. The molecule has 0 amide bonds. The van der Waals surface area contributed by atoms with Crippen LogP contribution in [0.1, 0.15) is 0 Å². The number of carbonyl (C=O) groups excluding carboxylic acids is 1. The van der Waals surface area contributed by atoms with Crippen LogP contribution in [0.15, 0.2) is 0 Å². The molecule has 0 atom stereocenters. The summed E-state index contributed by atoms with van der Waals surface area (Å²) in [6.45, 7) is 3.76. The van der Waals surface area contributed by atoms with Gasteiger partial charge in [-0.05, 0) is 21.3 Å². The molecule has 0 heterocycles. The summed E-state index contributed by atoms with van der Waals surface area (Å²) in [5, 5.41) is 0. The summed E-state index contributed by atoms with van der Waals surface area (Å²) in [6.07, 6.45) is 0. The van der Waals surface area contributed by atoms with Crippen LogP contribution in [-0.2, 0) is 0 Å². The summed E-state index contributed by atoms with van der Waals surface area (Å²) in [5.74, 6) is 0. The van der Waals surface area contributed by atoms with Crippen molar-refractivity contribution in [2.24, 2.45) is 0 Å². The molecule has 0 rings (SSSR count). The molecule has 0 spiro atoms. The molecule has 0 saturated heterocycles. The van der Waals surface area contributed by atoms with Crippen molar-refractivity contribution >= 4 is 25.4 Å². The van der Waals surface area contributed by atoms with E-state index in [-0.39, 0.29) is 4.86 Å². The Balaban J connectivity index is 3.26. The number of rotatable bonds is 1. The molecule has 36 valence electrons. The molecule has 3 heteroatoms. The Morgan fingerprint density at radius 1 is 1.67 bits per heavy atom. The van der Waals surface area contributed by atoms with E-state index in [1.807, 2.05) is 13.3 Å². The SMILES string of the molecule is CP(C)C(=O)S. The second-order valence-electron chi connectivity index (χ2n) is 1.18. The fourth-order valence-corrected chi connectivity index (χ4v) is 0. The monoisotopic (exact) mass is 122 g/mol. The van der Waals surface area contributed by atoms with Crippen LogP contribution in [0.4, 0.5) is 4.79 Å². The summed E-state index contributed by atoms with van der Waals surface area (Å²) in [4.78, 5) is 10.1. The summed E-state index contributed by atoms with van der Waals surface area (Å²) in [5.41, 5.74) is 0. The van der Waals surface area contributed by atoms with Crippen LogP contribution in [0, 0.1) is 0 Å². The van der Waals surface area contributed by atoms with Crippen LogP contribution in [0.25, 0.3) is 0 Å². The zero-order valence-electron chi connectivity index (χ0n) is 3.80. The van der Waals surface area contributed by atoms with E-state index in [4.69, 9.17) is 0 Å². The average molecular weight is 122 g/mol. The van der Waals surface area contributed by atoms with E-state index >= 15 is 0 Å². The minimum atomic E-state index is -0.434. The summed E-state index contributed by atoms with van der Waals surface area (Å²) in [7, 11) is -0.434. The molecule has 0 N–H and O–H groups in total. The summed E-state index contributed by atoms with van der Waals surface area (Å²) < 4.78 is 0. The Morgan fingerprint density at radius 2 is 1.83 bits per heavy atom. The van der Waals surface area contributed by atoms with Gasteiger partial charge in [0.1, 0.15) is 0 Å². The Kier molecular flexibility index (Phi) is 2.79. The van der Waals surface area contributed by atoms with Crippen molar-refractivity contribution in [2.45, 2.75) is 0 Å². The highest BCUT2D eigenvalue weighted by Gasteiger charge is 1.95. The maximum Gasteiger partial charge on any atom is 0.206 e. The highest BCUT2D eigenvalue weighted by molar-refractivity contribution is 8.13. The highest BCUT2D eigenvalue weighted by Crippen LogP contribution is 2.27. The maximum absolute atomic E-state index is 10.0. The van der Waals surface area contributed by atoms with Crippen LogP contribution in [-0.4, -0.2) is 18.2 Å². The number of carbonyl (C=O) groups is 1. The first-order chi connectivity index (χ1) is 2.64. The van der Waals surface area contributed by atoms with E-state index in [1.165, 1.54) is 0 Å². The molecule has 0 bridgehead atoms. The lowest BCUT2D eigenvalue weighted by molar-refractivity contribution is 0.276. The number of thiol groups is 1. The minimum absolute atomic E-state index is 0.0185. The van der Waals surface area contributed by atoms with Crippen molar-refractivity contribution in [3.05, 3.63) is 0 Å². The third-order valence-corrected chi connectivity index (χ3v) is 2.35. The average Bonchev–Trinajstić information content (AvgIpc) is 1.36. The lowest BCUT2D eigenvalue weighted by atomic mass is 11.8. The van der Waals surface area contributed by atoms with Crippen molar-refractivity contribution < 1.29 is 4.79 Å². The predicted octanol–water partition coefficient (Wildman–Crippen LogP) is 1.78. The van der Waals surface area contributed by atoms with Gasteiger partial charge in [0.25, 0.3) is 0 Å². The molecule has 6 heavy (non-hydrogen) atoms. The van der Waals surface area contributed by atoms with Gasteiger partial charge in [0.05, 0.1) is 0 Å². The molecule has 0 aliphatic carbocycles. The van der Waals surface area contributed by atoms with Gasteiger partial charge in [0.15, 0.2) is 0 Å². The highest BCUT2D eigenvalue weighted by atomic mass is 32.1. The van der Waals surface area contributed by atoms with Gasteiger partial charge in [-0.15, -0.1) is 12.6 Å². The van der Waals surface area contributed by atoms with Gasteiger partial charge in [-0.2, -0.15) is 0 Å². The van der Waals surface area contributed by atoms with Crippen LogP contribution in [0.3, 0.4) is 0 Å². The molecule has 0 saturated carbocycles. The number of hydrogen-bond donors (Lipinski definition) is 1. The third-order valence-electron chi connectivity index (χ3n) is 0.383. The molecule has 0 fully saturated rings. The lowest BCUT2D eigenvalue weighted by Crippen LogP contribution is -1.72. The topological polar surface area (TPSA) is 17.1 Å². The molecular formula is C3H7OPS. The molecule has 1 nitrogen and oxygen atoms in total. The van der Waals surface area contributed by atoms with Crippen molar-refractivity contribution in [1.29, 1.82) is 0 Å². The Morgan fingerprint density at radius 3 is 1.83 bits per heavy atom. The fraction of sp³-hybridized carbons (Fsp3) is 0.667. The summed E-state index contributed by atoms with van der Waals surface area (Å²) in [6, 6.07) is 0. The van der Waals surface area contributed by atoms with Crippen LogP contribution >= 0.6 is 20.6 Å². The van der Waals surface area contributed by atoms with E-state index in [2.05, 4.69) is 12.6 Å². The van der Waals surface area contributed by atoms with E-state index in [9.17, 15) is 4.79 Å². The van der Waals surface area contributed by atoms with E-state index < -0.39 is 7.92 Å². The maximum atomic E-state index is 10.0. The first kappa shape index (κ1) is 6.45. The Labute approximate surface area is 44.3 Å². The second kappa shape index (κ2) is 2.59. The van der Waals surface area contributed by atoms with E-state index in [0.29, 0.717) is 0 Å². The molecule has 0 aliphatic heterocycles. The smallest absolute Gasteiger partial charge is 0.206 e. The lowest BCUT2D eigenvalue weighted by Gasteiger charge is -1.90. The third kappa shape index (κ3) is 2.67. The molecule has 0 aromatic heterocycles. The van der Waals surface area contributed by atoms with Gasteiger partial charge in [-0.1, -0.05) is 0 Å². The first-order valence-corrected chi connectivity index (χ1v) is 4.23. The van der Waals surface area contributed by atoms with Gasteiger partial charge < -0.3 is 0 Å². The van der Waals surface area contributed by atoms with Gasteiger partial charge in [0, 0.05) is 0 Å². The zero-order valence-corrected chi connectivity index (χ0v) is 5.59. The van der Waals surface area contributed by atoms with Crippen molar-refractivity contribution in [1.82, 2.24) is 0 Å². The van der Waals surface area contributed by atoms with Crippen molar-refractivity contribution in [3.63, 3.8) is 0 Å². The number of hydrogen-bond acceptors (Lipinski definition) is 1. The molecule has 0 unspecified atom stereocenters. The fourth-order valence-electron chi connectivity index (χ4n) is 0. The van der Waals surface area contributed by atoms with E-state index in [1.54, 1.807) is 0 Å². The van der Waals surface area contributed by atoms with Gasteiger partial charge in [-0.25, -0.2) is 0 Å². The van der Waals surface area contributed by atoms with Crippen molar-refractivity contribution in [2.75, 3.05) is 13.3 Å². The predicted molar refractivity (Wildman–Crippen MR) is 33.1 cm³/mol. The molecule has 0 aliphatic rings. The molecular weight excluding hydrogens is 115 g/mol. The minimum Gasteiger partial charge on any atom is -0.282 e. The quantitative estimate of drug-likeness (QED) is 0.414. The Hall–Kier alpha value is 0.450. The van der Waals surface area contributed by atoms with Crippen LogP contribution < -0.4 is 0 Å². The van der Waals surface area contributed by atoms with Gasteiger partial charge in [0.2, 0.25) is 4.86 Å². The zero-order chi connectivity index (χ0) is 5.15. The molecule has 0 radical (unpaired) electrons. The standard InChI is InChI=1S/C3H7OPS/c1-5(2)3(4)6/h1-2H3,(H,4,6). The van der Waals surface area contributed by atoms with Crippen molar-refractivity contribution in [3.8, 4) is 0 Å². The van der Waals surface area contributed by atoms with Gasteiger partial charge in [-0.3, -0.25) is 4.79 Å². The van der Waals surface area contributed by atoms with E-state index in [0.717, 1.165) is 0 Å². The summed E-state index contributed by atoms with van der Waals surface area (Å²) >= 11 is 3.58. The first-order valence-electron chi connectivity index (χ1n) is 1.55.